The SMILES string of the molecule is CC(C)C(F)[C@@](C)(Cc1ccccc1)NC(=O)c1ccc2cccc(F)c2n1. The highest BCUT2D eigenvalue weighted by Crippen LogP contribution is 2.26. The van der Waals surface area contributed by atoms with Crippen molar-refractivity contribution in [2.45, 2.75) is 38.9 Å². The monoisotopic (exact) mass is 382 g/mol. The molecule has 0 spiro atoms. The van der Waals surface area contributed by atoms with Crippen molar-refractivity contribution in [1.29, 1.82) is 0 Å². The number of carbonyl (C=O) groups excluding carboxylic acids is 1. The zero-order valence-corrected chi connectivity index (χ0v) is 16.2. The summed E-state index contributed by atoms with van der Waals surface area (Å²) in [5.41, 5.74) is -0.0158. The molecular formula is C23H24F2N2O. The van der Waals surface area contributed by atoms with Gasteiger partial charge in [0.25, 0.3) is 5.91 Å². The van der Waals surface area contributed by atoms with Gasteiger partial charge in [-0.05, 0) is 37.0 Å². The molecule has 28 heavy (non-hydrogen) atoms. The molecule has 1 aromatic heterocycles. The second-order valence-corrected chi connectivity index (χ2v) is 7.69. The molecule has 5 heteroatoms. The normalized spacial score (nSPS) is 14.6. The lowest BCUT2D eigenvalue weighted by Crippen LogP contribution is -2.56. The molecular weight excluding hydrogens is 358 g/mol. The van der Waals surface area contributed by atoms with Gasteiger partial charge in [0.05, 0.1) is 5.54 Å². The summed E-state index contributed by atoms with van der Waals surface area (Å²) >= 11 is 0. The summed E-state index contributed by atoms with van der Waals surface area (Å²) in [4.78, 5) is 17.0. The Balaban J connectivity index is 1.91. The van der Waals surface area contributed by atoms with Crippen LogP contribution in [0.1, 0.15) is 36.8 Å². The Hall–Kier alpha value is -2.82. The van der Waals surface area contributed by atoms with Gasteiger partial charge in [0.15, 0.2) is 0 Å². The van der Waals surface area contributed by atoms with E-state index in [1.54, 1.807) is 39.0 Å². The summed E-state index contributed by atoms with van der Waals surface area (Å²) in [6.07, 6.45) is -0.935. The standard InChI is InChI=1S/C23H24F2N2O/c1-15(2)21(25)23(3,14-16-8-5-4-6-9-16)27-22(28)19-13-12-17-10-7-11-18(24)20(17)26-19/h4-13,15,21H,14H2,1-3H3,(H,27,28)/t21?,23-/m1/s1. The second kappa shape index (κ2) is 8.05. The number of alkyl halides is 1. The highest BCUT2D eigenvalue weighted by Gasteiger charge is 2.38. The van der Waals surface area contributed by atoms with Crippen molar-refractivity contribution < 1.29 is 13.6 Å². The molecule has 2 aromatic carbocycles. The molecule has 1 unspecified atom stereocenters. The van der Waals surface area contributed by atoms with Gasteiger partial charge < -0.3 is 5.32 Å². The Labute approximate surface area is 163 Å². The summed E-state index contributed by atoms with van der Waals surface area (Å²) in [5.74, 6) is -1.30. The Kier molecular flexibility index (Phi) is 5.73. The third-order valence-electron chi connectivity index (χ3n) is 4.91. The third kappa shape index (κ3) is 4.19. The van der Waals surface area contributed by atoms with Crippen molar-refractivity contribution in [1.82, 2.24) is 10.3 Å². The molecule has 2 atom stereocenters. The number of nitrogens with one attached hydrogen (secondary N) is 1. The fourth-order valence-electron chi connectivity index (χ4n) is 3.53. The van der Waals surface area contributed by atoms with Crippen molar-refractivity contribution in [3.8, 4) is 0 Å². The van der Waals surface area contributed by atoms with Crippen LogP contribution in [0.2, 0.25) is 0 Å². The van der Waals surface area contributed by atoms with E-state index in [9.17, 15) is 9.18 Å². The molecule has 3 aromatic rings. The molecule has 0 aliphatic heterocycles. The maximum Gasteiger partial charge on any atom is 0.270 e. The van der Waals surface area contributed by atoms with E-state index in [2.05, 4.69) is 10.3 Å². The van der Waals surface area contributed by atoms with Gasteiger partial charge in [0.2, 0.25) is 0 Å². The van der Waals surface area contributed by atoms with E-state index < -0.39 is 23.4 Å². The minimum Gasteiger partial charge on any atom is -0.342 e. The molecule has 0 radical (unpaired) electrons. The van der Waals surface area contributed by atoms with Crippen LogP contribution in [0.25, 0.3) is 10.9 Å². The predicted octanol–water partition coefficient (Wildman–Crippen LogP) is 5.10. The first-order valence-corrected chi connectivity index (χ1v) is 9.36. The van der Waals surface area contributed by atoms with Gasteiger partial charge in [-0.3, -0.25) is 4.79 Å². The number of carbonyl (C=O) groups is 1. The van der Waals surface area contributed by atoms with E-state index in [4.69, 9.17) is 0 Å². The minimum absolute atomic E-state index is 0.0628. The number of hydrogen-bond acceptors (Lipinski definition) is 2. The number of halogens is 2. The number of amides is 1. The smallest absolute Gasteiger partial charge is 0.270 e. The van der Waals surface area contributed by atoms with E-state index in [0.29, 0.717) is 11.8 Å². The van der Waals surface area contributed by atoms with Crippen molar-refractivity contribution in [3.05, 3.63) is 77.7 Å². The summed E-state index contributed by atoms with van der Waals surface area (Å²) in [7, 11) is 0. The van der Waals surface area contributed by atoms with Gasteiger partial charge in [0, 0.05) is 5.39 Å². The van der Waals surface area contributed by atoms with Gasteiger partial charge in [0.1, 0.15) is 23.2 Å². The van der Waals surface area contributed by atoms with Gasteiger partial charge in [-0.1, -0.05) is 62.4 Å². The number of pyridine rings is 1. The largest absolute Gasteiger partial charge is 0.342 e. The highest BCUT2D eigenvalue weighted by atomic mass is 19.1. The zero-order chi connectivity index (χ0) is 20.3. The molecule has 0 aliphatic rings. The Morgan fingerprint density at radius 1 is 1.07 bits per heavy atom. The summed E-state index contributed by atoms with van der Waals surface area (Å²) in [6.45, 7) is 5.26. The number of hydrogen-bond donors (Lipinski definition) is 1. The number of aromatic nitrogens is 1. The topological polar surface area (TPSA) is 42.0 Å². The first-order chi connectivity index (χ1) is 13.3. The highest BCUT2D eigenvalue weighted by molar-refractivity contribution is 5.95. The zero-order valence-electron chi connectivity index (χ0n) is 16.2. The molecule has 0 saturated carbocycles. The van der Waals surface area contributed by atoms with E-state index in [-0.39, 0.29) is 17.1 Å². The van der Waals surface area contributed by atoms with Crippen molar-refractivity contribution in [2.24, 2.45) is 5.92 Å². The maximum atomic E-state index is 15.2. The molecule has 3 rings (SSSR count). The Morgan fingerprint density at radius 3 is 2.46 bits per heavy atom. The van der Waals surface area contributed by atoms with Crippen molar-refractivity contribution >= 4 is 16.8 Å². The lowest BCUT2D eigenvalue weighted by molar-refractivity contribution is 0.0753. The average molecular weight is 382 g/mol. The van der Waals surface area contributed by atoms with E-state index in [0.717, 1.165) is 5.56 Å². The van der Waals surface area contributed by atoms with Crippen molar-refractivity contribution in [3.63, 3.8) is 0 Å². The number of fused-ring (bicyclic) bond motifs is 1. The number of rotatable bonds is 6. The van der Waals surface area contributed by atoms with E-state index >= 15 is 4.39 Å². The number of nitrogens with zero attached hydrogens (tertiary/aromatic N) is 1. The fourth-order valence-corrected chi connectivity index (χ4v) is 3.53. The molecule has 0 aliphatic carbocycles. The van der Waals surface area contributed by atoms with Gasteiger partial charge in [-0.25, -0.2) is 13.8 Å². The van der Waals surface area contributed by atoms with E-state index in [1.165, 1.54) is 12.1 Å². The first kappa shape index (κ1) is 19.9. The quantitative estimate of drug-likeness (QED) is 0.644. The molecule has 1 N–H and O–H groups in total. The minimum atomic E-state index is -1.27. The second-order valence-electron chi connectivity index (χ2n) is 7.69. The molecule has 0 saturated heterocycles. The first-order valence-electron chi connectivity index (χ1n) is 9.36. The van der Waals surface area contributed by atoms with Crippen LogP contribution in [0, 0.1) is 11.7 Å². The van der Waals surface area contributed by atoms with Crippen LogP contribution in [0.4, 0.5) is 8.78 Å². The van der Waals surface area contributed by atoms with Crippen LogP contribution >= 0.6 is 0 Å². The Bertz CT molecular complexity index is 975. The molecule has 1 heterocycles. The van der Waals surface area contributed by atoms with Crippen LogP contribution in [-0.2, 0) is 6.42 Å². The van der Waals surface area contributed by atoms with Crippen LogP contribution in [0.3, 0.4) is 0 Å². The van der Waals surface area contributed by atoms with Crippen LogP contribution in [0.15, 0.2) is 60.7 Å². The van der Waals surface area contributed by atoms with Crippen LogP contribution < -0.4 is 5.32 Å². The Morgan fingerprint density at radius 2 is 1.79 bits per heavy atom. The molecule has 146 valence electrons. The molecule has 3 nitrogen and oxygen atoms in total. The molecule has 0 fully saturated rings. The van der Waals surface area contributed by atoms with E-state index in [1.807, 2.05) is 30.3 Å². The lowest BCUT2D eigenvalue weighted by atomic mass is 9.83. The fraction of sp³-hybridized carbons (Fsp3) is 0.304. The van der Waals surface area contributed by atoms with Crippen LogP contribution in [0.5, 0.6) is 0 Å². The third-order valence-corrected chi connectivity index (χ3v) is 4.91. The summed E-state index contributed by atoms with van der Waals surface area (Å²) in [5, 5.41) is 3.43. The average Bonchev–Trinajstić information content (AvgIpc) is 2.68. The lowest BCUT2D eigenvalue weighted by Gasteiger charge is -2.36. The van der Waals surface area contributed by atoms with Crippen LogP contribution in [-0.4, -0.2) is 22.6 Å². The summed E-state index contributed by atoms with van der Waals surface area (Å²) < 4.78 is 29.2. The number of para-hydroxylation sites is 1. The van der Waals surface area contributed by atoms with Crippen molar-refractivity contribution in [2.75, 3.05) is 0 Å². The molecule has 0 bridgehead atoms. The molecule has 1 amide bonds. The predicted molar refractivity (Wildman–Crippen MR) is 107 cm³/mol. The van der Waals surface area contributed by atoms with Gasteiger partial charge in [-0.15, -0.1) is 0 Å². The summed E-state index contributed by atoms with van der Waals surface area (Å²) in [6, 6.07) is 17.3. The maximum absolute atomic E-state index is 15.2. The van der Waals surface area contributed by atoms with Gasteiger partial charge >= 0.3 is 0 Å². The van der Waals surface area contributed by atoms with Gasteiger partial charge in [-0.2, -0.15) is 0 Å². The number of benzene rings is 2.